The first kappa shape index (κ1) is 12.1. The quantitative estimate of drug-likeness (QED) is 0.941. The van der Waals surface area contributed by atoms with Crippen LogP contribution in [0.3, 0.4) is 0 Å². The lowest BCUT2D eigenvalue weighted by Gasteiger charge is -2.15. The highest BCUT2D eigenvalue weighted by atomic mass is 79.9. The summed E-state index contributed by atoms with van der Waals surface area (Å²) in [6.45, 7) is 3.24. The molecule has 3 heterocycles. The molecule has 0 saturated carbocycles. The fourth-order valence-electron chi connectivity index (χ4n) is 2.56. The van der Waals surface area contributed by atoms with Gasteiger partial charge in [-0.25, -0.2) is 4.98 Å². The minimum atomic E-state index is 0.301. The van der Waals surface area contributed by atoms with E-state index in [1.807, 2.05) is 18.3 Å². The molecule has 0 spiro atoms. The molecular weight excluding hydrogens is 294 g/mol. The number of aliphatic hydroxyl groups excluding tert-OH is 1. The molecule has 96 valence electrons. The van der Waals surface area contributed by atoms with Crippen LogP contribution in [0.2, 0.25) is 0 Å². The number of nitrogens with zero attached hydrogens (tertiary/aromatic N) is 3. The molecule has 1 unspecified atom stereocenters. The van der Waals surface area contributed by atoms with E-state index in [2.05, 4.69) is 36.4 Å². The third-order valence-electron chi connectivity index (χ3n) is 3.56. The number of hydrogen-bond donors (Lipinski definition) is 1. The maximum absolute atomic E-state index is 9.17. The molecule has 3 rings (SSSR count). The van der Waals surface area contributed by atoms with E-state index in [1.165, 1.54) is 5.69 Å². The first-order chi connectivity index (χ1) is 8.76. The fourth-order valence-corrected chi connectivity index (χ4v) is 2.89. The lowest BCUT2D eigenvalue weighted by Crippen LogP contribution is -2.21. The van der Waals surface area contributed by atoms with E-state index in [1.54, 1.807) is 0 Å². The molecule has 2 aromatic heterocycles. The van der Waals surface area contributed by atoms with Gasteiger partial charge in [0, 0.05) is 30.4 Å². The van der Waals surface area contributed by atoms with Gasteiger partial charge in [-0.05, 0) is 46.9 Å². The molecule has 0 aliphatic carbocycles. The summed E-state index contributed by atoms with van der Waals surface area (Å²) in [6, 6.07) is 4.01. The van der Waals surface area contributed by atoms with Crippen LogP contribution in [0.25, 0.3) is 5.65 Å². The van der Waals surface area contributed by atoms with Crippen molar-refractivity contribution >= 4 is 21.6 Å². The van der Waals surface area contributed by atoms with Crippen LogP contribution in [-0.4, -0.2) is 39.1 Å². The van der Waals surface area contributed by atoms with Crippen LogP contribution in [0, 0.1) is 5.92 Å². The summed E-state index contributed by atoms with van der Waals surface area (Å²) in [5, 5.41) is 9.17. The van der Waals surface area contributed by atoms with Gasteiger partial charge in [-0.15, -0.1) is 0 Å². The standard InChI is InChI=1S/C13H16BrN3O/c14-11-1-2-13-15-5-12(17(13)7-11)8-16-4-3-10(6-16)9-18/h1-2,5,7,10,18H,3-4,6,8-9H2. The zero-order valence-corrected chi connectivity index (χ0v) is 11.7. The lowest BCUT2D eigenvalue weighted by molar-refractivity contribution is 0.219. The van der Waals surface area contributed by atoms with E-state index in [4.69, 9.17) is 5.11 Å². The summed E-state index contributed by atoms with van der Waals surface area (Å²) in [7, 11) is 0. The predicted octanol–water partition coefficient (Wildman–Crippen LogP) is 1.91. The molecule has 2 aromatic rings. The number of aromatic nitrogens is 2. The van der Waals surface area contributed by atoms with Crippen molar-refractivity contribution in [2.75, 3.05) is 19.7 Å². The van der Waals surface area contributed by atoms with Crippen molar-refractivity contribution in [3.05, 3.63) is 34.7 Å². The van der Waals surface area contributed by atoms with Gasteiger partial charge < -0.3 is 9.51 Å². The second-order valence-electron chi connectivity index (χ2n) is 4.90. The Balaban J connectivity index is 1.80. The van der Waals surface area contributed by atoms with E-state index in [0.29, 0.717) is 12.5 Å². The molecule has 1 fully saturated rings. The SMILES string of the molecule is OCC1CCN(Cc2cnc3ccc(Br)cn23)C1. The molecule has 18 heavy (non-hydrogen) atoms. The van der Waals surface area contributed by atoms with Crippen LogP contribution < -0.4 is 0 Å². The fraction of sp³-hybridized carbons (Fsp3) is 0.462. The van der Waals surface area contributed by atoms with Gasteiger partial charge in [-0.2, -0.15) is 0 Å². The summed E-state index contributed by atoms with van der Waals surface area (Å²) in [4.78, 5) is 6.79. The molecule has 1 N–H and O–H groups in total. The van der Waals surface area contributed by atoms with E-state index in [-0.39, 0.29) is 0 Å². The Bertz CT molecular complexity index is 554. The summed E-state index contributed by atoms with van der Waals surface area (Å²) in [6.07, 6.45) is 5.09. The first-order valence-corrected chi connectivity index (χ1v) is 7.00. The third-order valence-corrected chi connectivity index (χ3v) is 4.03. The van der Waals surface area contributed by atoms with E-state index in [0.717, 1.165) is 36.2 Å². The molecule has 1 atom stereocenters. The number of likely N-dealkylation sites (tertiary alicyclic amines) is 1. The average molecular weight is 310 g/mol. The largest absolute Gasteiger partial charge is 0.396 e. The average Bonchev–Trinajstić information content (AvgIpc) is 2.97. The Morgan fingerprint density at radius 2 is 2.33 bits per heavy atom. The molecule has 5 heteroatoms. The molecule has 1 aliphatic heterocycles. The normalized spacial score (nSPS) is 20.9. The maximum Gasteiger partial charge on any atom is 0.136 e. The van der Waals surface area contributed by atoms with Crippen LogP contribution in [-0.2, 0) is 6.54 Å². The van der Waals surface area contributed by atoms with Crippen molar-refractivity contribution < 1.29 is 5.11 Å². The van der Waals surface area contributed by atoms with Crippen molar-refractivity contribution in [3.8, 4) is 0 Å². The van der Waals surface area contributed by atoms with Gasteiger partial charge in [-0.3, -0.25) is 4.90 Å². The summed E-state index contributed by atoms with van der Waals surface area (Å²) < 4.78 is 3.18. The Morgan fingerprint density at radius 3 is 3.11 bits per heavy atom. The molecule has 0 bridgehead atoms. The molecule has 0 radical (unpaired) electrons. The third kappa shape index (κ3) is 2.30. The smallest absolute Gasteiger partial charge is 0.136 e. The minimum Gasteiger partial charge on any atom is -0.396 e. The van der Waals surface area contributed by atoms with Crippen molar-refractivity contribution in [2.24, 2.45) is 5.92 Å². The molecule has 1 saturated heterocycles. The second kappa shape index (κ2) is 4.99. The van der Waals surface area contributed by atoms with Crippen molar-refractivity contribution in [1.82, 2.24) is 14.3 Å². The van der Waals surface area contributed by atoms with Gasteiger partial charge >= 0.3 is 0 Å². The van der Waals surface area contributed by atoms with Crippen LogP contribution in [0.5, 0.6) is 0 Å². The molecule has 1 aliphatic rings. The van der Waals surface area contributed by atoms with E-state index in [9.17, 15) is 0 Å². The predicted molar refractivity (Wildman–Crippen MR) is 73.4 cm³/mol. The van der Waals surface area contributed by atoms with Crippen molar-refractivity contribution in [1.29, 1.82) is 0 Å². The Labute approximate surface area is 114 Å². The number of pyridine rings is 1. The van der Waals surface area contributed by atoms with Crippen LogP contribution in [0.4, 0.5) is 0 Å². The van der Waals surface area contributed by atoms with E-state index < -0.39 is 0 Å². The second-order valence-corrected chi connectivity index (χ2v) is 5.81. The summed E-state index contributed by atoms with van der Waals surface area (Å²) in [5.74, 6) is 0.441. The number of fused-ring (bicyclic) bond motifs is 1. The van der Waals surface area contributed by atoms with Crippen LogP contribution in [0.15, 0.2) is 29.0 Å². The first-order valence-electron chi connectivity index (χ1n) is 6.21. The maximum atomic E-state index is 9.17. The molecular formula is C13H16BrN3O. The number of rotatable bonds is 3. The highest BCUT2D eigenvalue weighted by Crippen LogP contribution is 2.19. The van der Waals surface area contributed by atoms with Gasteiger partial charge in [0.2, 0.25) is 0 Å². The van der Waals surface area contributed by atoms with Gasteiger partial charge in [0.1, 0.15) is 5.65 Å². The molecule has 0 amide bonds. The van der Waals surface area contributed by atoms with Crippen LogP contribution >= 0.6 is 15.9 Å². The summed E-state index contributed by atoms with van der Waals surface area (Å²) in [5.41, 5.74) is 2.18. The monoisotopic (exact) mass is 309 g/mol. The number of halogens is 1. The summed E-state index contributed by atoms with van der Waals surface area (Å²) >= 11 is 3.49. The van der Waals surface area contributed by atoms with Crippen molar-refractivity contribution in [2.45, 2.75) is 13.0 Å². The van der Waals surface area contributed by atoms with E-state index >= 15 is 0 Å². The molecule has 4 nitrogen and oxygen atoms in total. The Morgan fingerprint density at radius 1 is 1.44 bits per heavy atom. The van der Waals surface area contributed by atoms with Gasteiger partial charge in [0.15, 0.2) is 0 Å². The topological polar surface area (TPSA) is 40.8 Å². The Kier molecular flexibility index (Phi) is 3.37. The van der Waals surface area contributed by atoms with Gasteiger partial charge in [-0.1, -0.05) is 0 Å². The highest BCUT2D eigenvalue weighted by molar-refractivity contribution is 9.10. The number of hydrogen-bond acceptors (Lipinski definition) is 3. The molecule has 0 aromatic carbocycles. The number of imidazole rings is 1. The lowest BCUT2D eigenvalue weighted by atomic mass is 10.1. The minimum absolute atomic E-state index is 0.301. The van der Waals surface area contributed by atoms with Gasteiger partial charge in [0.05, 0.1) is 11.9 Å². The highest BCUT2D eigenvalue weighted by Gasteiger charge is 2.22. The zero-order chi connectivity index (χ0) is 12.5. The zero-order valence-electron chi connectivity index (χ0n) is 10.1. The number of aliphatic hydroxyl groups is 1. The van der Waals surface area contributed by atoms with Crippen LogP contribution in [0.1, 0.15) is 12.1 Å². The van der Waals surface area contributed by atoms with Crippen molar-refractivity contribution in [3.63, 3.8) is 0 Å². The van der Waals surface area contributed by atoms with Gasteiger partial charge in [0.25, 0.3) is 0 Å². The Hall–Kier alpha value is -0.910.